The molecule has 1 atom stereocenters. The minimum atomic E-state index is -0.538. The van der Waals surface area contributed by atoms with Crippen LogP contribution < -0.4 is 0 Å². The molecular formula is C17H16BrFO. The lowest BCUT2D eigenvalue weighted by atomic mass is 9.95. The van der Waals surface area contributed by atoms with Crippen LogP contribution >= 0.6 is 15.9 Å². The molecule has 0 bridgehead atoms. The summed E-state index contributed by atoms with van der Waals surface area (Å²) >= 11 is 3.18. The van der Waals surface area contributed by atoms with Crippen molar-refractivity contribution in [3.05, 3.63) is 69.4 Å². The maximum atomic E-state index is 13.2. The van der Waals surface area contributed by atoms with Crippen LogP contribution in [0.25, 0.3) is 0 Å². The summed E-state index contributed by atoms with van der Waals surface area (Å²) in [5.41, 5.74) is 3.20. The Morgan fingerprint density at radius 3 is 2.65 bits per heavy atom. The summed E-state index contributed by atoms with van der Waals surface area (Å²) in [5.74, 6) is 0.336. The van der Waals surface area contributed by atoms with Gasteiger partial charge in [0, 0.05) is 6.42 Å². The lowest BCUT2D eigenvalue weighted by molar-refractivity contribution is 0.177. The second kappa shape index (κ2) is 5.66. The van der Waals surface area contributed by atoms with Gasteiger partial charge in [-0.3, -0.25) is 0 Å². The third-order valence-electron chi connectivity index (χ3n) is 3.79. The van der Waals surface area contributed by atoms with Gasteiger partial charge in [0.25, 0.3) is 0 Å². The topological polar surface area (TPSA) is 20.2 Å². The van der Waals surface area contributed by atoms with Gasteiger partial charge in [-0.25, -0.2) is 4.39 Å². The number of hydrogen-bond acceptors (Lipinski definition) is 1. The predicted molar refractivity (Wildman–Crippen MR) is 81.2 cm³/mol. The normalized spacial score (nSPS) is 16.1. The first-order valence-corrected chi connectivity index (χ1v) is 7.65. The highest BCUT2D eigenvalue weighted by Crippen LogP contribution is 2.43. The quantitative estimate of drug-likeness (QED) is 0.855. The largest absolute Gasteiger partial charge is 0.388 e. The summed E-state index contributed by atoms with van der Waals surface area (Å²) in [6.45, 7) is 0. The molecule has 0 amide bonds. The Bertz CT molecular complexity index is 622. The molecule has 0 radical (unpaired) electrons. The van der Waals surface area contributed by atoms with Gasteiger partial charge < -0.3 is 5.11 Å². The van der Waals surface area contributed by atoms with Crippen molar-refractivity contribution in [1.82, 2.24) is 0 Å². The zero-order valence-electron chi connectivity index (χ0n) is 11.0. The summed E-state index contributed by atoms with van der Waals surface area (Å²) in [4.78, 5) is 0. The molecule has 1 N–H and O–H groups in total. The average molecular weight is 335 g/mol. The van der Waals surface area contributed by atoms with E-state index in [4.69, 9.17) is 0 Å². The molecule has 1 aliphatic rings. The van der Waals surface area contributed by atoms with E-state index in [0.717, 1.165) is 11.1 Å². The summed E-state index contributed by atoms with van der Waals surface area (Å²) < 4.78 is 13.7. The van der Waals surface area contributed by atoms with Crippen molar-refractivity contribution < 1.29 is 9.50 Å². The Hall–Kier alpha value is -1.19. The number of benzene rings is 2. The zero-order chi connectivity index (χ0) is 14.1. The number of aliphatic hydroxyl groups is 1. The Morgan fingerprint density at radius 2 is 1.95 bits per heavy atom. The lowest BCUT2D eigenvalue weighted by Crippen LogP contribution is -2.05. The smallest absolute Gasteiger partial charge is 0.137 e. The Labute approximate surface area is 126 Å². The molecule has 0 aromatic heterocycles. The molecule has 0 aliphatic heterocycles. The first kappa shape index (κ1) is 13.8. The van der Waals surface area contributed by atoms with Crippen LogP contribution in [0.3, 0.4) is 0 Å². The fourth-order valence-electron chi connectivity index (χ4n) is 2.58. The van der Waals surface area contributed by atoms with E-state index in [0.29, 0.717) is 16.8 Å². The van der Waals surface area contributed by atoms with E-state index in [1.165, 1.54) is 24.5 Å². The Kier molecular flexibility index (Phi) is 3.90. The SMILES string of the molecule is OC(Cc1ccc(F)c(Br)c1)c1ccccc1C1CC1. The van der Waals surface area contributed by atoms with Crippen molar-refractivity contribution in [3.8, 4) is 0 Å². The van der Waals surface area contributed by atoms with E-state index < -0.39 is 6.10 Å². The van der Waals surface area contributed by atoms with Crippen LogP contribution in [0.2, 0.25) is 0 Å². The molecule has 1 saturated carbocycles. The van der Waals surface area contributed by atoms with Crippen molar-refractivity contribution in [2.24, 2.45) is 0 Å². The minimum absolute atomic E-state index is 0.276. The Balaban J connectivity index is 1.82. The number of aliphatic hydroxyl groups excluding tert-OH is 1. The van der Waals surface area contributed by atoms with Crippen LogP contribution in [0.4, 0.5) is 4.39 Å². The first-order chi connectivity index (χ1) is 9.65. The average Bonchev–Trinajstić information content (AvgIpc) is 3.27. The predicted octanol–water partition coefficient (Wildman–Crippen LogP) is 4.74. The van der Waals surface area contributed by atoms with Crippen LogP contribution in [0.5, 0.6) is 0 Å². The molecule has 20 heavy (non-hydrogen) atoms. The molecule has 1 nitrogen and oxygen atoms in total. The molecule has 0 spiro atoms. The van der Waals surface area contributed by atoms with E-state index in [-0.39, 0.29) is 5.82 Å². The molecule has 1 aliphatic carbocycles. The van der Waals surface area contributed by atoms with E-state index in [1.807, 2.05) is 18.2 Å². The molecule has 3 heteroatoms. The second-order valence-corrected chi connectivity index (χ2v) is 6.23. The molecule has 104 valence electrons. The number of rotatable bonds is 4. The van der Waals surface area contributed by atoms with Gasteiger partial charge in [0.1, 0.15) is 5.82 Å². The van der Waals surface area contributed by atoms with Crippen LogP contribution in [0, 0.1) is 5.82 Å². The number of halogens is 2. The van der Waals surface area contributed by atoms with Gasteiger partial charge >= 0.3 is 0 Å². The molecule has 3 rings (SSSR count). The van der Waals surface area contributed by atoms with E-state index in [1.54, 1.807) is 12.1 Å². The van der Waals surface area contributed by atoms with Crippen molar-refractivity contribution in [2.75, 3.05) is 0 Å². The molecule has 2 aromatic rings. The van der Waals surface area contributed by atoms with Gasteiger partial charge in [-0.15, -0.1) is 0 Å². The number of hydrogen-bond donors (Lipinski definition) is 1. The van der Waals surface area contributed by atoms with Crippen LogP contribution in [-0.4, -0.2) is 5.11 Å². The van der Waals surface area contributed by atoms with Crippen LogP contribution in [0.1, 0.15) is 41.6 Å². The molecule has 1 fully saturated rings. The van der Waals surface area contributed by atoms with E-state index >= 15 is 0 Å². The van der Waals surface area contributed by atoms with Crippen molar-refractivity contribution in [1.29, 1.82) is 0 Å². The van der Waals surface area contributed by atoms with Gasteiger partial charge in [-0.2, -0.15) is 0 Å². The molecule has 0 heterocycles. The first-order valence-electron chi connectivity index (χ1n) is 6.86. The Morgan fingerprint density at radius 1 is 1.20 bits per heavy atom. The minimum Gasteiger partial charge on any atom is -0.388 e. The fourth-order valence-corrected chi connectivity index (χ4v) is 3.01. The van der Waals surface area contributed by atoms with Crippen molar-refractivity contribution in [3.63, 3.8) is 0 Å². The second-order valence-electron chi connectivity index (χ2n) is 5.37. The van der Waals surface area contributed by atoms with Gasteiger partial charge in [0.15, 0.2) is 0 Å². The molecule has 1 unspecified atom stereocenters. The van der Waals surface area contributed by atoms with Crippen molar-refractivity contribution in [2.45, 2.75) is 31.3 Å². The highest BCUT2D eigenvalue weighted by Gasteiger charge is 2.27. The van der Waals surface area contributed by atoms with Crippen LogP contribution in [0.15, 0.2) is 46.9 Å². The van der Waals surface area contributed by atoms with Gasteiger partial charge in [0.05, 0.1) is 10.6 Å². The van der Waals surface area contributed by atoms with Crippen LogP contribution in [-0.2, 0) is 6.42 Å². The highest BCUT2D eigenvalue weighted by atomic mass is 79.9. The summed E-state index contributed by atoms with van der Waals surface area (Å²) in [5, 5.41) is 10.5. The van der Waals surface area contributed by atoms with E-state index in [9.17, 15) is 9.50 Å². The summed E-state index contributed by atoms with van der Waals surface area (Å²) in [7, 11) is 0. The fraction of sp³-hybridized carbons (Fsp3) is 0.294. The molecular weight excluding hydrogens is 319 g/mol. The lowest BCUT2D eigenvalue weighted by Gasteiger charge is -2.15. The standard InChI is InChI=1S/C17H16BrFO/c18-15-9-11(5-8-16(15)19)10-17(20)14-4-2-1-3-13(14)12-6-7-12/h1-5,8-9,12,17,20H,6-7,10H2. The van der Waals surface area contributed by atoms with Gasteiger partial charge in [-0.05, 0) is 63.5 Å². The third kappa shape index (κ3) is 2.94. The maximum absolute atomic E-state index is 13.2. The third-order valence-corrected chi connectivity index (χ3v) is 4.39. The highest BCUT2D eigenvalue weighted by molar-refractivity contribution is 9.10. The summed E-state index contributed by atoms with van der Waals surface area (Å²) in [6, 6.07) is 13.0. The zero-order valence-corrected chi connectivity index (χ0v) is 12.6. The van der Waals surface area contributed by atoms with Crippen molar-refractivity contribution >= 4 is 15.9 Å². The van der Waals surface area contributed by atoms with E-state index in [2.05, 4.69) is 22.0 Å². The molecule has 2 aromatic carbocycles. The van der Waals surface area contributed by atoms with Gasteiger partial charge in [0.2, 0.25) is 0 Å². The van der Waals surface area contributed by atoms with Gasteiger partial charge in [-0.1, -0.05) is 30.3 Å². The monoisotopic (exact) mass is 334 g/mol. The molecule has 0 saturated heterocycles. The summed E-state index contributed by atoms with van der Waals surface area (Å²) in [6.07, 6.45) is 2.39. The maximum Gasteiger partial charge on any atom is 0.137 e.